The number of nitrogens with zero attached hydrogens (tertiary/aromatic N) is 4. The van der Waals surface area contributed by atoms with Crippen molar-refractivity contribution in [3.8, 4) is 5.88 Å². The first-order valence-corrected chi connectivity index (χ1v) is 10.3. The van der Waals surface area contributed by atoms with E-state index in [1.54, 1.807) is 23.6 Å². The molecule has 3 heterocycles. The third kappa shape index (κ3) is 4.13. The summed E-state index contributed by atoms with van der Waals surface area (Å²) in [4.78, 5) is 26.9. The Balaban J connectivity index is 1.25. The second kappa shape index (κ2) is 8.01. The Morgan fingerprint density at radius 3 is 2.88 bits per heavy atom. The molecule has 2 aromatic heterocycles. The normalized spacial score (nSPS) is 15.3. The fourth-order valence-electron chi connectivity index (χ4n) is 2.87. The molecule has 1 aromatic carbocycles. The van der Waals surface area contributed by atoms with Gasteiger partial charge in [-0.3, -0.25) is 4.79 Å². The first-order chi connectivity index (χ1) is 12.8. The van der Waals surface area contributed by atoms with Crippen LogP contribution in [-0.4, -0.2) is 50.7 Å². The average molecular weight is 387 g/mol. The molecule has 1 aliphatic rings. The molecule has 26 heavy (non-hydrogen) atoms. The van der Waals surface area contributed by atoms with Gasteiger partial charge < -0.3 is 9.64 Å². The van der Waals surface area contributed by atoms with E-state index in [4.69, 9.17) is 4.74 Å². The van der Waals surface area contributed by atoms with E-state index < -0.39 is 0 Å². The minimum atomic E-state index is 0.103. The molecule has 1 saturated heterocycles. The number of para-hydroxylation sites is 1. The van der Waals surface area contributed by atoms with Gasteiger partial charge in [-0.1, -0.05) is 23.9 Å². The van der Waals surface area contributed by atoms with Crippen LogP contribution in [0.2, 0.25) is 0 Å². The van der Waals surface area contributed by atoms with Crippen molar-refractivity contribution >= 4 is 39.2 Å². The van der Waals surface area contributed by atoms with Crippen molar-refractivity contribution in [1.82, 2.24) is 19.9 Å². The van der Waals surface area contributed by atoms with Gasteiger partial charge >= 0.3 is 0 Å². The lowest BCUT2D eigenvalue weighted by Gasteiger charge is -2.31. The second-order valence-electron chi connectivity index (χ2n) is 5.98. The number of piperidine rings is 1. The Morgan fingerprint density at radius 2 is 2.12 bits per heavy atom. The van der Waals surface area contributed by atoms with Gasteiger partial charge in [-0.25, -0.2) is 15.0 Å². The number of thioether (sulfide) groups is 1. The topological polar surface area (TPSA) is 68.2 Å². The van der Waals surface area contributed by atoms with Gasteiger partial charge in [0.1, 0.15) is 12.4 Å². The fourth-order valence-corrected chi connectivity index (χ4v) is 4.84. The second-order valence-corrected chi connectivity index (χ2v) is 8.23. The SMILES string of the molecule is O=C(CSc1nc2ccccc2s1)N1CCC(Oc2ccncn2)CC1. The molecule has 1 amide bonds. The van der Waals surface area contributed by atoms with Gasteiger partial charge in [-0.15, -0.1) is 11.3 Å². The van der Waals surface area contributed by atoms with Gasteiger partial charge in [-0.2, -0.15) is 0 Å². The number of benzene rings is 1. The standard InChI is InChI=1S/C18H18N4O2S2/c23-17(11-25-18-21-14-3-1-2-4-15(14)26-18)22-9-6-13(7-10-22)24-16-5-8-19-12-20-16/h1-5,8,12-13H,6-7,9-11H2. The fraction of sp³-hybridized carbons (Fsp3) is 0.333. The van der Waals surface area contributed by atoms with Gasteiger partial charge in [0, 0.05) is 38.2 Å². The van der Waals surface area contributed by atoms with Crippen LogP contribution < -0.4 is 4.74 Å². The highest BCUT2D eigenvalue weighted by Gasteiger charge is 2.24. The number of hydrogen-bond donors (Lipinski definition) is 0. The lowest BCUT2D eigenvalue weighted by molar-refractivity contribution is -0.130. The Bertz CT molecular complexity index is 846. The first kappa shape index (κ1) is 17.2. The Kier molecular flexibility index (Phi) is 5.31. The number of carbonyl (C=O) groups is 1. The van der Waals surface area contributed by atoms with Crippen LogP contribution in [0.1, 0.15) is 12.8 Å². The highest BCUT2D eigenvalue weighted by Crippen LogP contribution is 2.29. The lowest BCUT2D eigenvalue weighted by Crippen LogP contribution is -2.42. The largest absolute Gasteiger partial charge is 0.474 e. The zero-order valence-corrected chi connectivity index (χ0v) is 15.7. The van der Waals surface area contributed by atoms with Gasteiger partial charge in [0.05, 0.1) is 16.0 Å². The Hall–Kier alpha value is -2.19. The molecule has 8 heteroatoms. The Morgan fingerprint density at radius 1 is 1.27 bits per heavy atom. The summed E-state index contributed by atoms with van der Waals surface area (Å²) in [7, 11) is 0. The van der Waals surface area contributed by atoms with Crippen molar-refractivity contribution in [2.24, 2.45) is 0 Å². The average Bonchev–Trinajstić information content (AvgIpc) is 3.10. The zero-order valence-electron chi connectivity index (χ0n) is 14.1. The van der Waals surface area contributed by atoms with E-state index in [-0.39, 0.29) is 12.0 Å². The maximum absolute atomic E-state index is 12.5. The summed E-state index contributed by atoms with van der Waals surface area (Å²) >= 11 is 3.16. The molecule has 1 aliphatic heterocycles. The molecule has 0 radical (unpaired) electrons. The molecule has 3 aromatic rings. The number of rotatable bonds is 5. The van der Waals surface area contributed by atoms with Crippen molar-refractivity contribution < 1.29 is 9.53 Å². The number of likely N-dealkylation sites (tertiary alicyclic amines) is 1. The molecule has 0 bridgehead atoms. The van der Waals surface area contributed by atoms with Gasteiger partial charge in [0.2, 0.25) is 11.8 Å². The molecular weight excluding hydrogens is 368 g/mol. The van der Waals surface area contributed by atoms with E-state index in [1.807, 2.05) is 23.1 Å². The summed E-state index contributed by atoms with van der Waals surface area (Å²) in [5, 5.41) is 0. The van der Waals surface area contributed by atoms with Crippen LogP contribution in [0.15, 0.2) is 47.2 Å². The summed E-state index contributed by atoms with van der Waals surface area (Å²) in [6.45, 7) is 1.43. The number of carbonyl (C=O) groups excluding carboxylic acids is 1. The zero-order chi connectivity index (χ0) is 17.8. The third-order valence-corrected chi connectivity index (χ3v) is 6.39. The van der Waals surface area contributed by atoms with E-state index in [0.29, 0.717) is 11.6 Å². The highest BCUT2D eigenvalue weighted by atomic mass is 32.2. The van der Waals surface area contributed by atoms with Crippen molar-refractivity contribution in [2.75, 3.05) is 18.8 Å². The molecular formula is C18H18N4O2S2. The van der Waals surface area contributed by atoms with Crippen LogP contribution in [-0.2, 0) is 4.79 Å². The smallest absolute Gasteiger partial charge is 0.233 e. The first-order valence-electron chi connectivity index (χ1n) is 8.47. The summed E-state index contributed by atoms with van der Waals surface area (Å²) in [6, 6.07) is 9.80. The summed E-state index contributed by atoms with van der Waals surface area (Å²) in [6.07, 6.45) is 4.89. The number of aromatic nitrogens is 3. The molecule has 1 fully saturated rings. The van der Waals surface area contributed by atoms with Crippen molar-refractivity contribution in [3.63, 3.8) is 0 Å². The molecule has 134 valence electrons. The quantitative estimate of drug-likeness (QED) is 0.627. The number of thiazole rings is 1. The minimum absolute atomic E-state index is 0.103. The monoisotopic (exact) mass is 386 g/mol. The van der Waals surface area contributed by atoms with Crippen molar-refractivity contribution in [1.29, 1.82) is 0 Å². The Labute approximate surface area is 159 Å². The van der Waals surface area contributed by atoms with Crippen LogP contribution in [0.5, 0.6) is 5.88 Å². The van der Waals surface area contributed by atoms with Crippen molar-refractivity contribution in [3.05, 3.63) is 42.9 Å². The highest BCUT2D eigenvalue weighted by molar-refractivity contribution is 8.01. The van der Waals surface area contributed by atoms with Gasteiger partial charge in [0.25, 0.3) is 0 Å². The number of fused-ring (bicyclic) bond motifs is 1. The molecule has 0 saturated carbocycles. The molecule has 4 rings (SSSR count). The van der Waals surface area contributed by atoms with Gasteiger partial charge in [-0.05, 0) is 12.1 Å². The maximum atomic E-state index is 12.5. The predicted octanol–water partition coefficient (Wildman–Crippen LogP) is 3.25. The third-order valence-electron chi connectivity index (χ3n) is 4.23. The van der Waals surface area contributed by atoms with Crippen LogP contribution in [0.4, 0.5) is 0 Å². The van der Waals surface area contributed by atoms with Crippen LogP contribution >= 0.6 is 23.1 Å². The van der Waals surface area contributed by atoms with E-state index >= 15 is 0 Å². The van der Waals surface area contributed by atoms with Crippen molar-refractivity contribution in [2.45, 2.75) is 23.3 Å². The van der Waals surface area contributed by atoms with E-state index in [9.17, 15) is 4.79 Å². The summed E-state index contributed by atoms with van der Waals surface area (Å²) in [5.74, 6) is 1.18. The van der Waals surface area contributed by atoms with E-state index in [2.05, 4.69) is 21.0 Å². The minimum Gasteiger partial charge on any atom is -0.474 e. The van der Waals surface area contributed by atoms with Crippen LogP contribution in [0, 0.1) is 0 Å². The van der Waals surface area contributed by atoms with Crippen LogP contribution in [0.25, 0.3) is 10.2 Å². The number of ether oxygens (including phenoxy) is 1. The maximum Gasteiger partial charge on any atom is 0.233 e. The molecule has 0 unspecified atom stereocenters. The number of hydrogen-bond acceptors (Lipinski definition) is 7. The van der Waals surface area contributed by atoms with E-state index in [0.717, 1.165) is 40.5 Å². The molecule has 0 atom stereocenters. The van der Waals surface area contributed by atoms with Gasteiger partial charge in [0.15, 0.2) is 4.34 Å². The predicted molar refractivity (Wildman–Crippen MR) is 103 cm³/mol. The van der Waals surface area contributed by atoms with E-state index in [1.165, 1.54) is 18.1 Å². The molecule has 0 spiro atoms. The molecule has 6 nitrogen and oxygen atoms in total. The lowest BCUT2D eigenvalue weighted by atomic mass is 10.1. The summed E-state index contributed by atoms with van der Waals surface area (Å²) < 4.78 is 7.95. The number of amides is 1. The van der Waals surface area contributed by atoms with Crippen LogP contribution in [0.3, 0.4) is 0 Å². The molecule has 0 aliphatic carbocycles. The molecule has 0 N–H and O–H groups in total. The summed E-state index contributed by atoms with van der Waals surface area (Å²) in [5.41, 5.74) is 0.995.